The summed E-state index contributed by atoms with van der Waals surface area (Å²) in [5.74, 6) is 0.552. The van der Waals surface area contributed by atoms with Gasteiger partial charge in [-0.3, -0.25) is 14.7 Å². The van der Waals surface area contributed by atoms with Crippen LogP contribution in [0.25, 0.3) is 0 Å². The Kier molecular flexibility index (Phi) is 3.95. The zero-order chi connectivity index (χ0) is 14.8. The second-order valence-corrected chi connectivity index (χ2v) is 5.56. The standard InChI is InChI=1S/C16H12Cl2N2O/c17-13-5-1-3-11(9-13)15-19-7-8-20(15)16(21)12-4-2-6-14(18)10-12/h1-6,9-10H,7-8H2. The molecule has 0 N–H and O–H groups in total. The molecule has 1 amide bonds. The van der Waals surface area contributed by atoms with Crippen LogP contribution in [0.1, 0.15) is 15.9 Å². The molecule has 0 aliphatic carbocycles. The molecule has 0 saturated heterocycles. The third-order valence-corrected chi connectivity index (χ3v) is 3.71. The minimum absolute atomic E-state index is 0.103. The first-order valence-corrected chi connectivity index (χ1v) is 7.28. The van der Waals surface area contributed by atoms with Gasteiger partial charge in [0.2, 0.25) is 0 Å². The Morgan fingerprint density at radius 2 is 1.76 bits per heavy atom. The van der Waals surface area contributed by atoms with Crippen molar-refractivity contribution in [1.29, 1.82) is 0 Å². The number of carbonyl (C=O) groups is 1. The average molecular weight is 319 g/mol. The second-order valence-electron chi connectivity index (χ2n) is 4.68. The number of hydrogen-bond acceptors (Lipinski definition) is 2. The number of aliphatic imine (C=N–C) groups is 1. The number of amides is 1. The third-order valence-electron chi connectivity index (χ3n) is 3.24. The maximum absolute atomic E-state index is 12.6. The monoisotopic (exact) mass is 318 g/mol. The van der Waals surface area contributed by atoms with E-state index in [1.54, 1.807) is 35.2 Å². The highest BCUT2D eigenvalue weighted by molar-refractivity contribution is 6.31. The molecule has 1 aliphatic rings. The topological polar surface area (TPSA) is 32.7 Å². The fourth-order valence-corrected chi connectivity index (χ4v) is 2.68. The number of rotatable bonds is 2. The number of carbonyl (C=O) groups excluding carboxylic acids is 1. The zero-order valence-electron chi connectivity index (χ0n) is 11.1. The minimum Gasteiger partial charge on any atom is -0.291 e. The van der Waals surface area contributed by atoms with Crippen molar-refractivity contribution in [1.82, 2.24) is 4.90 Å². The van der Waals surface area contributed by atoms with E-state index < -0.39 is 0 Å². The van der Waals surface area contributed by atoms with E-state index in [0.717, 1.165) is 5.56 Å². The van der Waals surface area contributed by atoms with Gasteiger partial charge >= 0.3 is 0 Å². The summed E-state index contributed by atoms with van der Waals surface area (Å²) in [6.07, 6.45) is 0. The highest BCUT2D eigenvalue weighted by Gasteiger charge is 2.25. The summed E-state index contributed by atoms with van der Waals surface area (Å²) < 4.78 is 0. The largest absolute Gasteiger partial charge is 0.291 e. The molecule has 0 radical (unpaired) electrons. The Bertz CT molecular complexity index is 728. The fourth-order valence-electron chi connectivity index (χ4n) is 2.30. The highest BCUT2D eigenvalue weighted by Crippen LogP contribution is 2.19. The molecule has 0 unspecified atom stereocenters. The van der Waals surface area contributed by atoms with Gasteiger partial charge in [-0.2, -0.15) is 0 Å². The van der Waals surface area contributed by atoms with E-state index in [1.807, 2.05) is 18.2 Å². The van der Waals surface area contributed by atoms with Gasteiger partial charge in [-0.05, 0) is 30.3 Å². The summed E-state index contributed by atoms with van der Waals surface area (Å²) in [5.41, 5.74) is 1.40. The van der Waals surface area contributed by atoms with Crippen LogP contribution in [0.3, 0.4) is 0 Å². The molecule has 0 spiro atoms. The Labute approximate surface area is 132 Å². The van der Waals surface area contributed by atoms with Crippen molar-refractivity contribution >= 4 is 34.9 Å². The number of halogens is 2. The van der Waals surface area contributed by atoms with E-state index >= 15 is 0 Å². The Balaban J connectivity index is 1.92. The van der Waals surface area contributed by atoms with Gasteiger partial charge in [0.05, 0.1) is 6.54 Å². The van der Waals surface area contributed by atoms with Crippen LogP contribution in [-0.2, 0) is 0 Å². The van der Waals surface area contributed by atoms with Gasteiger partial charge < -0.3 is 0 Å². The van der Waals surface area contributed by atoms with Crippen LogP contribution in [0.2, 0.25) is 10.0 Å². The number of nitrogens with zero attached hydrogens (tertiary/aromatic N) is 2. The molecule has 1 heterocycles. The zero-order valence-corrected chi connectivity index (χ0v) is 12.6. The molecule has 2 aromatic rings. The average Bonchev–Trinajstić information content (AvgIpc) is 2.96. The highest BCUT2D eigenvalue weighted by atomic mass is 35.5. The molecule has 0 aromatic heterocycles. The molecule has 1 aliphatic heterocycles. The Hall–Kier alpha value is -1.84. The predicted molar refractivity (Wildman–Crippen MR) is 85.3 cm³/mol. The van der Waals surface area contributed by atoms with Crippen LogP contribution in [0.15, 0.2) is 53.5 Å². The number of hydrogen-bond donors (Lipinski definition) is 0. The van der Waals surface area contributed by atoms with E-state index in [1.165, 1.54) is 0 Å². The van der Waals surface area contributed by atoms with Crippen molar-refractivity contribution in [3.05, 3.63) is 69.7 Å². The van der Waals surface area contributed by atoms with Gasteiger partial charge in [0.15, 0.2) is 0 Å². The summed E-state index contributed by atoms with van der Waals surface area (Å²) in [6.45, 7) is 1.15. The van der Waals surface area contributed by atoms with Crippen LogP contribution < -0.4 is 0 Å². The molecule has 3 rings (SSSR count). The van der Waals surface area contributed by atoms with Gasteiger partial charge in [-0.1, -0.05) is 41.4 Å². The molecule has 2 aromatic carbocycles. The van der Waals surface area contributed by atoms with Crippen molar-refractivity contribution in [2.24, 2.45) is 4.99 Å². The van der Waals surface area contributed by atoms with Crippen LogP contribution in [0.4, 0.5) is 0 Å². The molecule has 0 bridgehead atoms. The molecule has 106 valence electrons. The van der Waals surface area contributed by atoms with Crippen molar-refractivity contribution in [3.8, 4) is 0 Å². The lowest BCUT2D eigenvalue weighted by molar-refractivity contribution is 0.0858. The van der Waals surface area contributed by atoms with Gasteiger partial charge in [-0.15, -0.1) is 0 Å². The summed E-state index contributed by atoms with van der Waals surface area (Å²) in [7, 11) is 0. The fraction of sp³-hybridized carbons (Fsp3) is 0.125. The van der Waals surface area contributed by atoms with E-state index in [2.05, 4.69) is 4.99 Å². The first-order valence-electron chi connectivity index (χ1n) is 6.53. The number of amidine groups is 1. The molecule has 0 atom stereocenters. The van der Waals surface area contributed by atoms with E-state index in [4.69, 9.17) is 23.2 Å². The molecule has 5 heteroatoms. The maximum Gasteiger partial charge on any atom is 0.259 e. The van der Waals surface area contributed by atoms with Crippen LogP contribution in [-0.4, -0.2) is 29.7 Å². The second kappa shape index (κ2) is 5.88. The predicted octanol–water partition coefficient (Wildman–Crippen LogP) is 3.90. The molecule has 0 saturated carbocycles. The number of benzene rings is 2. The minimum atomic E-state index is -0.103. The summed E-state index contributed by atoms with van der Waals surface area (Å²) in [5, 5.41) is 1.17. The summed E-state index contributed by atoms with van der Waals surface area (Å²) >= 11 is 12.0. The van der Waals surface area contributed by atoms with Crippen molar-refractivity contribution in [3.63, 3.8) is 0 Å². The van der Waals surface area contributed by atoms with Gasteiger partial charge in [-0.25, -0.2) is 0 Å². The normalized spacial score (nSPS) is 14.2. The van der Waals surface area contributed by atoms with Crippen LogP contribution in [0, 0.1) is 0 Å². The van der Waals surface area contributed by atoms with E-state index in [9.17, 15) is 4.79 Å². The summed E-state index contributed by atoms with van der Waals surface area (Å²) in [6, 6.07) is 14.3. The first-order chi connectivity index (χ1) is 10.1. The van der Waals surface area contributed by atoms with Crippen molar-refractivity contribution < 1.29 is 4.79 Å². The molecular formula is C16H12Cl2N2O. The lowest BCUT2D eigenvalue weighted by Crippen LogP contribution is -2.34. The van der Waals surface area contributed by atoms with Crippen LogP contribution in [0.5, 0.6) is 0 Å². The molecule has 0 fully saturated rings. The van der Waals surface area contributed by atoms with Crippen molar-refractivity contribution in [2.75, 3.05) is 13.1 Å². The quantitative estimate of drug-likeness (QED) is 0.826. The van der Waals surface area contributed by atoms with Gasteiger partial charge in [0, 0.05) is 27.7 Å². The van der Waals surface area contributed by atoms with Crippen LogP contribution >= 0.6 is 23.2 Å². The smallest absolute Gasteiger partial charge is 0.259 e. The third kappa shape index (κ3) is 2.94. The summed E-state index contributed by atoms with van der Waals surface area (Å²) in [4.78, 5) is 18.7. The van der Waals surface area contributed by atoms with E-state index in [0.29, 0.717) is 34.5 Å². The lowest BCUT2D eigenvalue weighted by Gasteiger charge is -2.19. The molecule has 21 heavy (non-hydrogen) atoms. The maximum atomic E-state index is 12.6. The van der Waals surface area contributed by atoms with Gasteiger partial charge in [0.25, 0.3) is 5.91 Å². The molecule has 3 nitrogen and oxygen atoms in total. The van der Waals surface area contributed by atoms with Gasteiger partial charge in [0.1, 0.15) is 5.84 Å². The molecular weight excluding hydrogens is 307 g/mol. The SMILES string of the molecule is O=C(c1cccc(Cl)c1)N1CCN=C1c1cccc(Cl)c1. The van der Waals surface area contributed by atoms with Crippen molar-refractivity contribution in [2.45, 2.75) is 0 Å². The van der Waals surface area contributed by atoms with E-state index in [-0.39, 0.29) is 5.91 Å². The first kappa shape index (κ1) is 14.1. The lowest BCUT2D eigenvalue weighted by atomic mass is 10.1. The Morgan fingerprint density at radius 1 is 1.05 bits per heavy atom. The Morgan fingerprint density at radius 3 is 2.48 bits per heavy atom.